The number of halogens is 1. The van der Waals surface area contributed by atoms with E-state index in [0.29, 0.717) is 10.8 Å². The molecule has 150 valence electrons. The van der Waals surface area contributed by atoms with Crippen molar-refractivity contribution in [2.45, 2.75) is 116 Å². The molecule has 0 amide bonds. The highest BCUT2D eigenvalue weighted by Crippen LogP contribution is 2.32. The van der Waals surface area contributed by atoms with Crippen LogP contribution < -0.4 is 0 Å². The second-order valence-electron chi connectivity index (χ2n) is 8.68. The lowest BCUT2D eigenvalue weighted by atomic mass is 9.77. The van der Waals surface area contributed by atoms with Crippen LogP contribution in [0.5, 0.6) is 0 Å². The summed E-state index contributed by atoms with van der Waals surface area (Å²) in [6, 6.07) is 11.0. The molecule has 0 aliphatic rings. The summed E-state index contributed by atoms with van der Waals surface area (Å²) in [5, 5.41) is 0.359. The molecule has 0 N–H and O–H groups in total. The lowest BCUT2D eigenvalue weighted by molar-refractivity contribution is 0.270. The van der Waals surface area contributed by atoms with Crippen LogP contribution in [0.25, 0.3) is 0 Å². The minimum atomic E-state index is 0.359. The second-order valence-corrected chi connectivity index (χ2v) is 9.43. The molecule has 26 heavy (non-hydrogen) atoms. The van der Waals surface area contributed by atoms with E-state index < -0.39 is 0 Å². The quantitative estimate of drug-likeness (QED) is 0.199. The van der Waals surface area contributed by atoms with Crippen molar-refractivity contribution >= 4 is 11.6 Å². The lowest BCUT2D eigenvalue weighted by Crippen LogP contribution is -2.18. The number of hydrogen-bond acceptors (Lipinski definition) is 0. The summed E-state index contributed by atoms with van der Waals surface area (Å²) in [7, 11) is 0. The van der Waals surface area contributed by atoms with Gasteiger partial charge in [0.2, 0.25) is 0 Å². The van der Waals surface area contributed by atoms with Gasteiger partial charge in [-0.1, -0.05) is 115 Å². The minimum Gasteiger partial charge on any atom is -0.123 e. The van der Waals surface area contributed by atoms with Crippen molar-refractivity contribution in [3.63, 3.8) is 0 Å². The van der Waals surface area contributed by atoms with Crippen molar-refractivity contribution in [3.8, 4) is 0 Å². The first-order valence-electron chi connectivity index (χ1n) is 11.2. The first-order chi connectivity index (χ1) is 12.6. The first-order valence-corrected chi connectivity index (χ1v) is 11.7. The van der Waals surface area contributed by atoms with Crippen molar-refractivity contribution in [2.75, 3.05) is 0 Å². The van der Waals surface area contributed by atoms with Gasteiger partial charge < -0.3 is 0 Å². The SMILES string of the molecule is CCC(C)(CCCCCCCCCCCCC(C)Cl)Cc1ccccc1. The van der Waals surface area contributed by atoms with E-state index >= 15 is 0 Å². The molecule has 0 saturated heterocycles. The van der Waals surface area contributed by atoms with Crippen LogP contribution in [-0.2, 0) is 6.42 Å². The van der Waals surface area contributed by atoms with Gasteiger partial charge in [0.05, 0.1) is 0 Å². The van der Waals surface area contributed by atoms with Crippen molar-refractivity contribution in [3.05, 3.63) is 35.9 Å². The Morgan fingerprint density at radius 3 is 1.81 bits per heavy atom. The van der Waals surface area contributed by atoms with Crippen molar-refractivity contribution < 1.29 is 0 Å². The Labute approximate surface area is 169 Å². The molecule has 1 heteroatoms. The molecule has 0 fully saturated rings. The van der Waals surface area contributed by atoms with Gasteiger partial charge in [0.15, 0.2) is 0 Å². The second kappa shape index (κ2) is 14.6. The van der Waals surface area contributed by atoms with Crippen LogP contribution in [0.1, 0.15) is 110 Å². The highest BCUT2D eigenvalue weighted by molar-refractivity contribution is 6.20. The summed E-state index contributed by atoms with van der Waals surface area (Å²) < 4.78 is 0. The van der Waals surface area contributed by atoms with E-state index in [-0.39, 0.29) is 0 Å². The third kappa shape index (κ3) is 12.0. The monoisotopic (exact) mass is 378 g/mol. The summed E-state index contributed by atoms with van der Waals surface area (Å²) in [6.45, 7) is 6.94. The molecule has 0 radical (unpaired) electrons. The Morgan fingerprint density at radius 2 is 1.31 bits per heavy atom. The summed E-state index contributed by atoms with van der Waals surface area (Å²) in [5.41, 5.74) is 1.97. The lowest BCUT2D eigenvalue weighted by Gasteiger charge is -2.28. The molecule has 0 saturated carbocycles. The predicted octanol–water partition coefficient (Wildman–Crippen LogP) is 8.95. The summed E-state index contributed by atoms with van der Waals surface area (Å²) in [6.07, 6.45) is 19.1. The predicted molar refractivity (Wildman–Crippen MR) is 119 cm³/mol. The Bertz CT molecular complexity index is 425. The molecule has 0 spiro atoms. The van der Waals surface area contributed by atoms with E-state index in [0.717, 1.165) is 0 Å². The molecule has 0 bridgehead atoms. The van der Waals surface area contributed by atoms with Crippen LogP contribution >= 0.6 is 11.6 Å². The fourth-order valence-corrected chi connectivity index (χ4v) is 4.02. The molecule has 0 heterocycles. The maximum atomic E-state index is 5.98. The molecular weight excluding hydrogens is 336 g/mol. The van der Waals surface area contributed by atoms with Crippen LogP contribution in [0.15, 0.2) is 30.3 Å². The molecule has 1 aromatic rings. The van der Waals surface area contributed by atoms with Crippen LogP contribution in [0.2, 0.25) is 0 Å². The Balaban J connectivity index is 1.98. The maximum Gasteiger partial charge on any atom is 0.0307 e. The van der Waals surface area contributed by atoms with Gasteiger partial charge in [0.1, 0.15) is 0 Å². The molecule has 0 aromatic heterocycles. The Kier molecular flexibility index (Phi) is 13.2. The average Bonchev–Trinajstić information content (AvgIpc) is 2.63. The fraction of sp³-hybridized carbons (Fsp3) is 0.760. The van der Waals surface area contributed by atoms with Crippen LogP contribution in [0.3, 0.4) is 0 Å². The highest BCUT2D eigenvalue weighted by atomic mass is 35.5. The zero-order valence-corrected chi connectivity index (χ0v) is 18.5. The standard InChI is InChI=1S/C25H43Cl/c1-4-25(3,22-24-19-15-13-16-20-24)21-17-12-10-8-6-5-7-9-11-14-18-23(2)26/h13,15-16,19-20,23H,4-12,14,17-18,21-22H2,1-3H3. The Hall–Kier alpha value is -0.490. The summed E-state index contributed by atoms with van der Waals surface area (Å²) in [4.78, 5) is 0. The third-order valence-corrected chi connectivity index (χ3v) is 6.18. The van der Waals surface area contributed by atoms with Gasteiger partial charge in [-0.2, -0.15) is 0 Å². The number of rotatable bonds is 16. The molecule has 0 aliphatic heterocycles. The zero-order chi connectivity index (χ0) is 19.1. The van der Waals surface area contributed by atoms with Gasteiger partial charge in [-0.3, -0.25) is 0 Å². The molecule has 2 atom stereocenters. The Morgan fingerprint density at radius 1 is 0.808 bits per heavy atom. The van der Waals surface area contributed by atoms with E-state index in [9.17, 15) is 0 Å². The van der Waals surface area contributed by atoms with Crippen molar-refractivity contribution in [1.82, 2.24) is 0 Å². The smallest absolute Gasteiger partial charge is 0.0307 e. The minimum absolute atomic E-state index is 0.359. The van der Waals surface area contributed by atoms with Gasteiger partial charge in [0, 0.05) is 5.38 Å². The molecule has 0 aliphatic carbocycles. The topological polar surface area (TPSA) is 0 Å². The van der Waals surface area contributed by atoms with E-state index in [2.05, 4.69) is 51.1 Å². The number of benzene rings is 1. The van der Waals surface area contributed by atoms with E-state index in [4.69, 9.17) is 11.6 Å². The van der Waals surface area contributed by atoms with Crippen LogP contribution in [0, 0.1) is 5.41 Å². The molecule has 2 unspecified atom stereocenters. The summed E-state index contributed by atoms with van der Waals surface area (Å²) >= 11 is 5.98. The van der Waals surface area contributed by atoms with Crippen LogP contribution in [-0.4, -0.2) is 5.38 Å². The van der Waals surface area contributed by atoms with Crippen LogP contribution in [0.4, 0.5) is 0 Å². The zero-order valence-electron chi connectivity index (χ0n) is 17.7. The summed E-state index contributed by atoms with van der Waals surface area (Å²) in [5.74, 6) is 0. The normalized spacial score (nSPS) is 14.9. The van der Waals surface area contributed by atoms with Gasteiger partial charge >= 0.3 is 0 Å². The van der Waals surface area contributed by atoms with Gasteiger partial charge in [0.25, 0.3) is 0 Å². The average molecular weight is 379 g/mol. The molecule has 1 aromatic carbocycles. The third-order valence-electron chi connectivity index (χ3n) is 5.96. The number of alkyl halides is 1. The van der Waals surface area contributed by atoms with E-state index in [1.807, 2.05) is 0 Å². The molecule has 1 rings (SSSR count). The van der Waals surface area contributed by atoms with E-state index in [1.54, 1.807) is 0 Å². The van der Waals surface area contributed by atoms with Crippen molar-refractivity contribution in [2.24, 2.45) is 5.41 Å². The van der Waals surface area contributed by atoms with Gasteiger partial charge in [-0.15, -0.1) is 11.6 Å². The fourth-order valence-electron chi connectivity index (χ4n) is 3.87. The molecule has 0 nitrogen and oxygen atoms in total. The largest absolute Gasteiger partial charge is 0.123 e. The highest BCUT2D eigenvalue weighted by Gasteiger charge is 2.21. The van der Waals surface area contributed by atoms with Gasteiger partial charge in [-0.05, 0) is 37.2 Å². The molecular formula is C25H43Cl. The van der Waals surface area contributed by atoms with E-state index in [1.165, 1.54) is 95.5 Å². The first kappa shape index (κ1) is 23.5. The van der Waals surface area contributed by atoms with Crippen molar-refractivity contribution in [1.29, 1.82) is 0 Å². The maximum absolute atomic E-state index is 5.98. The number of unbranched alkanes of at least 4 members (excludes halogenated alkanes) is 9. The van der Waals surface area contributed by atoms with Gasteiger partial charge in [-0.25, -0.2) is 0 Å². The number of hydrogen-bond donors (Lipinski definition) is 0.